The number of hydrogen-bond acceptors (Lipinski definition) is 6. The molecule has 0 bridgehead atoms. The molecule has 2 N–H and O–H groups in total. The van der Waals surface area contributed by atoms with Crippen LogP contribution in [-0.4, -0.2) is 46.6 Å². The van der Waals surface area contributed by atoms with E-state index in [4.69, 9.17) is 15.6 Å². The van der Waals surface area contributed by atoms with Gasteiger partial charge in [-0.3, -0.25) is 9.79 Å². The number of nitrogens with two attached hydrogens (primary N) is 1. The lowest BCUT2D eigenvalue weighted by Gasteiger charge is -2.34. The van der Waals surface area contributed by atoms with Crippen molar-refractivity contribution in [3.05, 3.63) is 71.8 Å². The first-order valence-electron chi connectivity index (χ1n) is 12.5. The van der Waals surface area contributed by atoms with Crippen LogP contribution >= 0.6 is 0 Å². The van der Waals surface area contributed by atoms with Gasteiger partial charge in [-0.25, -0.2) is 4.98 Å². The quantitative estimate of drug-likeness (QED) is 0.301. The fourth-order valence-corrected chi connectivity index (χ4v) is 4.61. The van der Waals surface area contributed by atoms with Gasteiger partial charge in [0.2, 0.25) is 0 Å². The number of aliphatic imine (C=N–C) groups is 1. The zero-order valence-electron chi connectivity index (χ0n) is 22.5. The Labute approximate surface area is 218 Å². The molecule has 0 saturated heterocycles. The van der Waals surface area contributed by atoms with Gasteiger partial charge in [0.15, 0.2) is 0 Å². The molecule has 0 spiro atoms. The van der Waals surface area contributed by atoms with E-state index in [-0.39, 0.29) is 11.3 Å². The molecule has 0 saturated carbocycles. The average molecular weight is 501 g/mol. The van der Waals surface area contributed by atoms with Gasteiger partial charge in [-0.2, -0.15) is 5.10 Å². The lowest BCUT2D eigenvalue weighted by molar-refractivity contribution is -0.123. The smallest absolute Gasteiger partial charge is 0.254 e. The van der Waals surface area contributed by atoms with Crippen LogP contribution in [0, 0.1) is 12.3 Å². The first-order valence-corrected chi connectivity index (χ1v) is 12.5. The van der Waals surface area contributed by atoms with Crippen LogP contribution < -0.4 is 15.5 Å². The molecule has 1 aromatic heterocycles. The Balaban J connectivity index is 1.66. The Kier molecular flexibility index (Phi) is 7.21. The first-order chi connectivity index (χ1) is 17.5. The standard InChI is InChI=1S/C29H36N6O2/c1-20-17-34(19-31-20)25-12-11-22(15-26(25)37-6)23(33-30)16-32-29(5)14-13-21-9-7-8-10-24(21)35(27(29)36)18-28(2,3)4/h7-12,15-17,19H,13-14,18,30H2,1-6H3/b32-16?,33-23+. The van der Waals surface area contributed by atoms with Crippen molar-refractivity contribution in [1.82, 2.24) is 9.55 Å². The highest BCUT2D eigenvalue weighted by atomic mass is 16.5. The Hall–Kier alpha value is -3.94. The number of aromatic nitrogens is 2. The Morgan fingerprint density at radius 2 is 1.97 bits per heavy atom. The molecule has 3 aromatic rings. The summed E-state index contributed by atoms with van der Waals surface area (Å²) in [5.41, 5.74) is 4.04. The number of carbonyl (C=O) groups excluding carboxylic acids is 1. The number of hydrogen-bond donors (Lipinski definition) is 1. The van der Waals surface area contributed by atoms with Crippen LogP contribution in [-0.2, 0) is 11.2 Å². The zero-order chi connectivity index (χ0) is 26.8. The van der Waals surface area contributed by atoms with E-state index in [1.54, 1.807) is 19.7 Å². The van der Waals surface area contributed by atoms with Crippen molar-refractivity contribution in [1.29, 1.82) is 0 Å². The number of amides is 1. The lowest BCUT2D eigenvalue weighted by Crippen LogP contribution is -2.48. The molecule has 1 unspecified atom stereocenters. The van der Waals surface area contributed by atoms with Gasteiger partial charge in [0.25, 0.3) is 5.91 Å². The third kappa shape index (κ3) is 5.58. The van der Waals surface area contributed by atoms with Crippen molar-refractivity contribution < 1.29 is 9.53 Å². The number of benzene rings is 2. The second kappa shape index (κ2) is 10.2. The van der Waals surface area contributed by atoms with Crippen molar-refractivity contribution >= 4 is 23.5 Å². The molecule has 2 heterocycles. The molecule has 2 aromatic carbocycles. The third-order valence-electron chi connectivity index (χ3n) is 6.58. The van der Waals surface area contributed by atoms with E-state index in [0.29, 0.717) is 24.4 Å². The number of imidazole rings is 1. The second-order valence-corrected chi connectivity index (χ2v) is 10.9. The highest BCUT2D eigenvalue weighted by molar-refractivity contribution is 6.38. The molecule has 1 aliphatic rings. The minimum absolute atomic E-state index is 0.0246. The molecular weight excluding hydrogens is 464 g/mol. The highest BCUT2D eigenvalue weighted by Crippen LogP contribution is 2.35. The monoisotopic (exact) mass is 500 g/mol. The van der Waals surface area contributed by atoms with Crippen LogP contribution in [0.3, 0.4) is 0 Å². The first kappa shape index (κ1) is 26.1. The number of hydrazone groups is 1. The number of ether oxygens (including phenoxy) is 1. The van der Waals surface area contributed by atoms with Gasteiger partial charge in [0.1, 0.15) is 17.0 Å². The minimum Gasteiger partial charge on any atom is -0.495 e. The van der Waals surface area contributed by atoms with Crippen molar-refractivity contribution in [3.8, 4) is 11.4 Å². The molecule has 1 atom stereocenters. The predicted molar refractivity (Wildman–Crippen MR) is 149 cm³/mol. The van der Waals surface area contributed by atoms with Gasteiger partial charge in [-0.05, 0) is 55.9 Å². The fraction of sp³-hybridized carbons (Fsp3) is 0.379. The van der Waals surface area contributed by atoms with E-state index in [1.807, 2.05) is 65.9 Å². The van der Waals surface area contributed by atoms with Gasteiger partial charge >= 0.3 is 0 Å². The number of fused-ring (bicyclic) bond motifs is 1. The van der Waals surface area contributed by atoms with Crippen molar-refractivity contribution in [2.24, 2.45) is 21.4 Å². The molecule has 194 valence electrons. The summed E-state index contributed by atoms with van der Waals surface area (Å²) in [5.74, 6) is 6.42. The van der Waals surface area contributed by atoms with E-state index in [9.17, 15) is 4.79 Å². The molecular formula is C29H36N6O2. The van der Waals surface area contributed by atoms with E-state index in [2.05, 4.69) is 36.9 Å². The maximum atomic E-state index is 14.0. The van der Waals surface area contributed by atoms with E-state index >= 15 is 0 Å². The second-order valence-electron chi connectivity index (χ2n) is 10.9. The zero-order valence-corrected chi connectivity index (χ0v) is 22.5. The summed E-state index contributed by atoms with van der Waals surface area (Å²) in [6.45, 7) is 10.8. The molecule has 1 amide bonds. The van der Waals surface area contributed by atoms with Crippen molar-refractivity contribution in [2.45, 2.75) is 53.0 Å². The van der Waals surface area contributed by atoms with E-state index in [1.165, 1.54) is 0 Å². The van der Waals surface area contributed by atoms with Crippen LogP contribution in [0.5, 0.6) is 5.75 Å². The molecule has 0 fully saturated rings. The highest BCUT2D eigenvalue weighted by Gasteiger charge is 2.40. The SMILES string of the molecule is COc1cc(/C(C=NC2(C)CCc3ccccc3N(CC(C)(C)C)C2=O)=N/N)ccc1-n1cnc(C)c1. The number of carbonyl (C=O) groups is 1. The number of anilines is 1. The molecule has 37 heavy (non-hydrogen) atoms. The van der Waals surface area contributed by atoms with E-state index < -0.39 is 5.54 Å². The van der Waals surface area contributed by atoms with Gasteiger partial charge in [0, 0.05) is 24.0 Å². The van der Waals surface area contributed by atoms with Gasteiger partial charge in [-0.1, -0.05) is 45.0 Å². The molecule has 0 aliphatic carbocycles. The number of para-hydroxylation sites is 1. The van der Waals surface area contributed by atoms with Gasteiger partial charge < -0.3 is 20.0 Å². The number of aryl methyl sites for hydroxylation is 2. The molecule has 4 rings (SSSR count). The summed E-state index contributed by atoms with van der Waals surface area (Å²) in [6.07, 6.45) is 6.61. The van der Waals surface area contributed by atoms with Crippen LogP contribution in [0.15, 0.2) is 65.1 Å². The van der Waals surface area contributed by atoms with Crippen LogP contribution in [0.25, 0.3) is 5.69 Å². The molecule has 8 nitrogen and oxygen atoms in total. The lowest BCUT2D eigenvalue weighted by atomic mass is 9.92. The topological polar surface area (TPSA) is 98.1 Å². The normalized spacial score (nSPS) is 18.7. The summed E-state index contributed by atoms with van der Waals surface area (Å²) >= 11 is 0. The summed E-state index contributed by atoms with van der Waals surface area (Å²) in [6, 6.07) is 13.8. The van der Waals surface area contributed by atoms with Gasteiger partial charge in [0.05, 0.1) is 31.0 Å². The summed E-state index contributed by atoms with van der Waals surface area (Å²) < 4.78 is 7.54. The number of methoxy groups -OCH3 is 1. The Morgan fingerprint density at radius 3 is 2.62 bits per heavy atom. The van der Waals surface area contributed by atoms with Crippen molar-refractivity contribution in [3.63, 3.8) is 0 Å². The molecule has 1 aliphatic heterocycles. The molecule has 8 heteroatoms. The van der Waals surface area contributed by atoms with E-state index in [0.717, 1.165) is 34.6 Å². The number of rotatable bonds is 6. The average Bonchev–Trinajstić information content (AvgIpc) is 3.27. The summed E-state index contributed by atoms with van der Waals surface area (Å²) in [5, 5.41) is 3.99. The fourth-order valence-electron chi connectivity index (χ4n) is 4.61. The van der Waals surface area contributed by atoms with Gasteiger partial charge in [-0.15, -0.1) is 0 Å². The maximum absolute atomic E-state index is 14.0. The molecule has 0 radical (unpaired) electrons. The predicted octanol–water partition coefficient (Wildman–Crippen LogP) is 4.71. The summed E-state index contributed by atoms with van der Waals surface area (Å²) in [4.78, 5) is 25.0. The Morgan fingerprint density at radius 1 is 1.22 bits per heavy atom. The van der Waals surface area contributed by atoms with Crippen molar-refractivity contribution in [2.75, 3.05) is 18.6 Å². The van der Waals surface area contributed by atoms with Crippen LogP contribution in [0.1, 0.15) is 50.9 Å². The summed E-state index contributed by atoms with van der Waals surface area (Å²) in [7, 11) is 1.62. The minimum atomic E-state index is -0.960. The van der Waals surface area contributed by atoms with Crippen LogP contribution in [0.4, 0.5) is 5.69 Å². The van der Waals surface area contributed by atoms with Crippen LogP contribution in [0.2, 0.25) is 0 Å². The Bertz CT molecular complexity index is 1350. The number of nitrogens with zero attached hydrogens (tertiary/aromatic N) is 5. The largest absolute Gasteiger partial charge is 0.495 e. The maximum Gasteiger partial charge on any atom is 0.254 e. The third-order valence-corrected chi connectivity index (χ3v) is 6.58.